The van der Waals surface area contributed by atoms with Crippen LogP contribution in [-0.2, 0) is 4.79 Å². The number of amides is 1. The topological polar surface area (TPSA) is 61.4 Å². The van der Waals surface area contributed by atoms with Crippen LogP contribution in [-0.4, -0.2) is 35.7 Å². The van der Waals surface area contributed by atoms with E-state index in [-0.39, 0.29) is 11.9 Å². The highest BCUT2D eigenvalue weighted by Gasteiger charge is 2.28. The average molecular weight is 284 g/mol. The number of carbonyl (C=O) groups is 1. The Labute approximate surface area is 123 Å². The summed E-state index contributed by atoms with van der Waals surface area (Å²) in [5.74, 6) is 0.0401. The third kappa shape index (κ3) is 6.71. The molecule has 1 atom stereocenters. The van der Waals surface area contributed by atoms with E-state index in [1.54, 1.807) is 0 Å². The second-order valence-electron chi connectivity index (χ2n) is 6.24. The van der Waals surface area contributed by atoms with Crippen LogP contribution in [0.5, 0.6) is 0 Å². The standard InChI is InChI=1S/C16H32N2O2/c1-3-4-9-12-17-15(19)14(2)18-13-16(20)10-7-5-6-8-11-16/h14,18,20H,3-13H2,1-2H3,(H,17,19). The highest BCUT2D eigenvalue weighted by molar-refractivity contribution is 5.81. The summed E-state index contributed by atoms with van der Waals surface area (Å²) >= 11 is 0. The van der Waals surface area contributed by atoms with E-state index in [9.17, 15) is 9.90 Å². The van der Waals surface area contributed by atoms with Gasteiger partial charge in [-0.1, -0.05) is 45.4 Å². The molecule has 1 fully saturated rings. The number of aliphatic hydroxyl groups is 1. The zero-order valence-electron chi connectivity index (χ0n) is 13.2. The highest BCUT2D eigenvalue weighted by Crippen LogP contribution is 2.26. The third-order valence-corrected chi connectivity index (χ3v) is 4.24. The Hall–Kier alpha value is -0.610. The molecule has 0 aromatic carbocycles. The number of unbranched alkanes of at least 4 members (excludes halogenated alkanes) is 2. The van der Waals surface area contributed by atoms with E-state index in [4.69, 9.17) is 0 Å². The van der Waals surface area contributed by atoms with Gasteiger partial charge in [0.2, 0.25) is 5.91 Å². The molecule has 0 aromatic heterocycles. The van der Waals surface area contributed by atoms with Crippen molar-refractivity contribution < 1.29 is 9.90 Å². The second-order valence-corrected chi connectivity index (χ2v) is 6.24. The van der Waals surface area contributed by atoms with Gasteiger partial charge in [0.15, 0.2) is 0 Å². The summed E-state index contributed by atoms with van der Waals surface area (Å²) < 4.78 is 0. The molecule has 1 saturated carbocycles. The summed E-state index contributed by atoms with van der Waals surface area (Å²) in [5.41, 5.74) is -0.618. The molecule has 4 nitrogen and oxygen atoms in total. The molecule has 0 bridgehead atoms. The lowest BCUT2D eigenvalue weighted by molar-refractivity contribution is -0.123. The molecular formula is C16H32N2O2. The fourth-order valence-electron chi connectivity index (χ4n) is 2.74. The van der Waals surface area contributed by atoms with Crippen molar-refractivity contribution >= 4 is 5.91 Å². The average Bonchev–Trinajstić information content (AvgIpc) is 2.66. The van der Waals surface area contributed by atoms with Crippen LogP contribution >= 0.6 is 0 Å². The van der Waals surface area contributed by atoms with Crippen molar-refractivity contribution in [3.63, 3.8) is 0 Å². The predicted octanol–water partition coefficient (Wildman–Crippen LogP) is 2.36. The van der Waals surface area contributed by atoms with Gasteiger partial charge in [-0.15, -0.1) is 0 Å². The van der Waals surface area contributed by atoms with Crippen LogP contribution < -0.4 is 10.6 Å². The smallest absolute Gasteiger partial charge is 0.236 e. The minimum Gasteiger partial charge on any atom is -0.389 e. The summed E-state index contributed by atoms with van der Waals surface area (Å²) in [6.07, 6.45) is 9.68. The molecule has 0 aliphatic heterocycles. The molecule has 1 aliphatic rings. The maximum absolute atomic E-state index is 11.9. The second kappa shape index (κ2) is 9.35. The first kappa shape index (κ1) is 17.4. The van der Waals surface area contributed by atoms with Crippen molar-refractivity contribution in [2.24, 2.45) is 0 Å². The zero-order valence-corrected chi connectivity index (χ0v) is 13.2. The first-order valence-corrected chi connectivity index (χ1v) is 8.31. The lowest BCUT2D eigenvalue weighted by Gasteiger charge is -2.28. The highest BCUT2D eigenvalue weighted by atomic mass is 16.3. The van der Waals surface area contributed by atoms with Gasteiger partial charge >= 0.3 is 0 Å². The van der Waals surface area contributed by atoms with Gasteiger partial charge in [-0.3, -0.25) is 4.79 Å². The molecule has 1 aliphatic carbocycles. The Morgan fingerprint density at radius 2 is 1.85 bits per heavy atom. The number of hydrogen-bond donors (Lipinski definition) is 3. The lowest BCUT2D eigenvalue weighted by Crippen LogP contribution is -2.49. The van der Waals surface area contributed by atoms with Crippen LogP contribution in [0, 0.1) is 0 Å². The van der Waals surface area contributed by atoms with E-state index in [0.29, 0.717) is 6.54 Å². The number of rotatable bonds is 8. The Bertz CT molecular complexity index is 274. The van der Waals surface area contributed by atoms with E-state index in [1.165, 1.54) is 12.8 Å². The number of carbonyl (C=O) groups excluding carboxylic acids is 1. The van der Waals surface area contributed by atoms with Gasteiger partial charge in [-0.05, 0) is 26.2 Å². The largest absolute Gasteiger partial charge is 0.389 e. The summed E-state index contributed by atoms with van der Waals surface area (Å²) in [6.45, 7) is 5.30. The Kier molecular flexibility index (Phi) is 8.15. The van der Waals surface area contributed by atoms with E-state index in [1.807, 2.05) is 6.92 Å². The lowest BCUT2D eigenvalue weighted by atomic mass is 9.94. The normalized spacial score (nSPS) is 20.1. The van der Waals surface area contributed by atoms with Crippen LogP contribution in [0.15, 0.2) is 0 Å². The summed E-state index contributed by atoms with van der Waals surface area (Å²) in [6, 6.07) is -0.232. The van der Waals surface area contributed by atoms with Gasteiger partial charge in [-0.25, -0.2) is 0 Å². The summed E-state index contributed by atoms with van der Waals surface area (Å²) in [4.78, 5) is 11.9. The van der Waals surface area contributed by atoms with E-state index in [0.717, 1.165) is 51.5 Å². The maximum Gasteiger partial charge on any atom is 0.236 e. The fourth-order valence-corrected chi connectivity index (χ4v) is 2.74. The van der Waals surface area contributed by atoms with Crippen LogP contribution in [0.3, 0.4) is 0 Å². The van der Waals surface area contributed by atoms with Gasteiger partial charge in [0, 0.05) is 13.1 Å². The first-order valence-electron chi connectivity index (χ1n) is 8.31. The molecule has 0 heterocycles. The van der Waals surface area contributed by atoms with Crippen molar-refractivity contribution in [1.82, 2.24) is 10.6 Å². The van der Waals surface area contributed by atoms with Crippen molar-refractivity contribution in [3.05, 3.63) is 0 Å². The minimum atomic E-state index is -0.618. The quantitative estimate of drug-likeness (QED) is 0.473. The van der Waals surface area contributed by atoms with Crippen LogP contribution in [0.1, 0.15) is 71.6 Å². The van der Waals surface area contributed by atoms with E-state index >= 15 is 0 Å². The first-order chi connectivity index (χ1) is 9.57. The Morgan fingerprint density at radius 1 is 1.20 bits per heavy atom. The van der Waals surface area contributed by atoms with Crippen LogP contribution in [0.4, 0.5) is 0 Å². The number of nitrogens with one attached hydrogen (secondary N) is 2. The SMILES string of the molecule is CCCCCNC(=O)C(C)NCC1(O)CCCCCC1. The zero-order chi connectivity index (χ0) is 14.8. The van der Waals surface area contributed by atoms with Crippen LogP contribution in [0.25, 0.3) is 0 Å². The van der Waals surface area contributed by atoms with Crippen molar-refractivity contribution in [3.8, 4) is 0 Å². The van der Waals surface area contributed by atoms with Crippen molar-refractivity contribution in [2.75, 3.05) is 13.1 Å². The molecule has 0 aromatic rings. The molecule has 118 valence electrons. The molecule has 3 N–H and O–H groups in total. The summed E-state index contributed by atoms with van der Waals surface area (Å²) in [7, 11) is 0. The maximum atomic E-state index is 11.9. The molecule has 20 heavy (non-hydrogen) atoms. The van der Waals surface area contributed by atoms with E-state index in [2.05, 4.69) is 17.6 Å². The van der Waals surface area contributed by atoms with Crippen LogP contribution in [0.2, 0.25) is 0 Å². The Morgan fingerprint density at radius 3 is 2.45 bits per heavy atom. The minimum absolute atomic E-state index is 0.0401. The van der Waals surface area contributed by atoms with Gasteiger partial charge < -0.3 is 15.7 Å². The molecular weight excluding hydrogens is 252 g/mol. The number of hydrogen-bond acceptors (Lipinski definition) is 3. The molecule has 4 heteroatoms. The molecule has 0 spiro atoms. The van der Waals surface area contributed by atoms with Crippen molar-refractivity contribution in [1.29, 1.82) is 0 Å². The fraction of sp³-hybridized carbons (Fsp3) is 0.938. The molecule has 1 amide bonds. The van der Waals surface area contributed by atoms with Crippen molar-refractivity contribution in [2.45, 2.75) is 83.3 Å². The summed E-state index contributed by atoms with van der Waals surface area (Å²) in [5, 5.41) is 16.7. The Balaban J connectivity index is 2.23. The molecule has 1 rings (SSSR count). The van der Waals surface area contributed by atoms with Gasteiger partial charge in [-0.2, -0.15) is 0 Å². The van der Waals surface area contributed by atoms with Gasteiger partial charge in [0.25, 0.3) is 0 Å². The third-order valence-electron chi connectivity index (χ3n) is 4.24. The van der Waals surface area contributed by atoms with Gasteiger partial charge in [0.05, 0.1) is 11.6 Å². The molecule has 1 unspecified atom stereocenters. The molecule has 0 radical (unpaired) electrons. The predicted molar refractivity (Wildman–Crippen MR) is 82.7 cm³/mol. The monoisotopic (exact) mass is 284 g/mol. The van der Waals surface area contributed by atoms with E-state index < -0.39 is 5.60 Å². The molecule has 0 saturated heterocycles. The van der Waals surface area contributed by atoms with Gasteiger partial charge in [0.1, 0.15) is 0 Å².